The lowest BCUT2D eigenvalue weighted by atomic mass is 9.89. The van der Waals surface area contributed by atoms with Crippen molar-refractivity contribution < 1.29 is 13.9 Å². The molecule has 1 N–H and O–H groups in total. The van der Waals surface area contributed by atoms with Crippen molar-refractivity contribution >= 4 is 16.8 Å². The first-order valence-corrected chi connectivity index (χ1v) is 9.31. The van der Waals surface area contributed by atoms with Crippen LogP contribution in [-0.2, 0) is 9.53 Å². The summed E-state index contributed by atoms with van der Waals surface area (Å²) in [5.74, 6) is -0.0896. The Balaban J connectivity index is 1.51. The first kappa shape index (κ1) is 16.6. The van der Waals surface area contributed by atoms with Gasteiger partial charge in [0.05, 0.1) is 18.8 Å². The molecule has 2 heterocycles. The molecule has 5 heteroatoms. The number of hydrogen-bond donors (Lipinski definition) is 1. The Morgan fingerprint density at radius 1 is 1.40 bits per heavy atom. The third-order valence-corrected chi connectivity index (χ3v) is 5.75. The van der Waals surface area contributed by atoms with Gasteiger partial charge < -0.3 is 14.6 Å². The number of hydrogen-bond acceptors (Lipinski definition) is 2. The van der Waals surface area contributed by atoms with Crippen molar-refractivity contribution in [3.63, 3.8) is 0 Å². The van der Waals surface area contributed by atoms with Crippen LogP contribution in [0.5, 0.6) is 0 Å². The molecule has 3 atom stereocenters. The molecule has 1 unspecified atom stereocenters. The van der Waals surface area contributed by atoms with Crippen LogP contribution in [0.15, 0.2) is 24.4 Å². The van der Waals surface area contributed by atoms with Gasteiger partial charge in [-0.1, -0.05) is 25.8 Å². The van der Waals surface area contributed by atoms with Crippen molar-refractivity contribution in [3.05, 3.63) is 35.8 Å². The van der Waals surface area contributed by atoms with Crippen molar-refractivity contribution in [2.45, 2.75) is 57.1 Å². The van der Waals surface area contributed by atoms with Gasteiger partial charge in [-0.15, -0.1) is 0 Å². The summed E-state index contributed by atoms with van der Waals surface area (Å²) in [5, 5.41) is 0.611. The number of carbonyl (C=O) groups is 1. The maximum atomic E-state index is 14.2. The second-order valence-corrected chi connectivity index (χ2v) is 7.36. The van der Waals surface area contributed by atoms with Crippen LogP contribution in [0.3, 0.4) is 0 Å². The van der Waals surface area contributed by atoms with Crippen LogP contribution in [0.2, 0.25) is 0 Å². The van der Waals surface area contributed by atoms with E-state index in [1.54, 1.807) is 6.07 Å². The highest BCUT2D eigenvalue weighted by molar-refractivity contribution is 5.85. The molecule has 1 aromatic carbocycles. The molecule has 0 radical (unpaired) electrons. The lowest BCUT2D eigenvalue weighted by molar-refractivity contribution is -0.149. The van der Waals surface area contributed by atoms with E-state index >= 15 is 0 Å². The van der Waals surface area contributed by atoms with Crippen LogP contribution < -0.4 is 0 Å². The quantitative estimate of drug-likeness (QED) is 0.916. The summed E-state index contributed by atoms with van der Waals surface area (Å²) in [5.41, 5.74) is 1.67. The van der Waals surface area contributed by atoms with Crippen molar-refractivity contribution in [1.29, 1.82) is 0 Å². The maximum Gasteiger partial charge on any atom is 0.223 e. The Morgan fingerprint density at radius 3 is 3.12 bits per heavy atom. The molecule has 1 saturated heterocycles. The van der Waals surface area contributed by atoms with Crippen molar-refractivity contribution in [3.8, 4) is 0 Å². The van der Waals surface area contributed by atoms with E-state index in [1.165, 1.54) is 12.5 Å². The normalized spacial score (nSPS) is 25.0. The van der Waals surface area contributed by atoms with Gasteiger partial charge in [-0.2, -0.15) is 0 Å². The largest absolute Gasteiger partial charge is 0.374 e. The summed E-state index contributed by atoms with van der Waals surface area (Å²) >= 11 is 0. The molecule has 25 heavy (non-hydrogen) atoms. The molecule has 0 spiro atoms. The predicted octanol–water partition coefficient (Wildman–Crippen LogP) is 3.97. The monoisotopic (exact) mass is 344 g/mol. The highest BCUT2D eigenvalue weighted by Gasteiger charge is 2.37. The molecule has 2 aliphatic rings. The van der Waals surface area contributed by atoms with E-state index in [0.717, 1.165) is 30.3 Å². The van der Waals surface area contributed by atoms with Crippen LogP contribution in [0.25, 0.3) is 10.9 Å². The Hall–Kier alpha value is -1.88. The van der Waals surface area contributed by atoms with E-state index in [4.69, 9.17) is 4.74 Å². The number of ether oxygens (including phenoxy) is 1. The number of nitrogens with zero attached hydrogens (tertiary/aromatic N) is 1. The first-order chi connectivity index (χ1) is 12.1. The summed E-state index contributed by atoms with van der Waals surface area (Å²) in [7, 11) is 0. The molecule has 1 aliphatic heterocycles. The van der Waals surface area contributed by atoms with Gasteiger partial charge in [-0.3, -0.25) is 4.79 Å². The summed E-state index contributed by atoms with van der Waals surface area (Å²) in [6, 6.07) is 5.26. The number of rotatable bonds is 3. The van der Waals surface area contributed by atoms with Crippen LogP contribution in [0.1, 0.15) is 50.5 Å². The molecule has 0 bridgehead atoms. The number of H-pyrrole nitrogens is 1. The number of nitrogens with one attached hydrogen (secondary N) is 1. The SMILES string of the molecule is CC(CC(=O)N1CCO[C@H]2CCCC[C@H]21)c1c[nH]c2cccc(F)c12. The Bertz CT molecular complexity index is 770. The smallest absolute Gasteiger partial charge is 0.223 e. The molecule has 4 rings (SSSR count). The molecule has 1 saturated carbocycles. The summed E-state index contributed by atoms with van der Waals surface area (Å²) in [6.45, 7) is 3.31. The Morgan fingerprint density at radius 2 is 2.24 bits per heavy atom. The van der Waals surface area contributed by atoms with E-state index in [0.29, 0.717) is 25.0 Å². The van der Waals surface area contributed by atoms with Crippen molar-refractivity contribution in [1.82, 2.24) is 9.88 Å². The molecule has 1 amide bonds. The molecule has 1 aromatic heterocycles. The molecular formula is C20H25FN2O2. The van der Waals surface area contributed by atoms with Crippen LogP contribution in [-0.4, -0.2) is 41.1 Å². The lowest BCUT2D eigenvalue weighted by Crippen LogP contribution is -2.55. The number of carbonyl (C=O) groups excluding carboxylic acids is 1. The fraction of sp³-hybridized carbons (Fsp3) is 0.550. The van der Waals surface area contributed by atoms with Crippen LogP contribution in [0, 0.1) is 5.82 Å². The summed E-state index contributed by atoms with van der Waals surface area (Å²) < 4.78 is 20.1. The topological polar surface area (TPSA) is 45.3 Å². The number of benzene rings is 1. The predicted molar refractivity (Wildman–Crippen MR) is 95.0 cm³/mol. The molecular weight excluding hydrogens is 319 g/mol. The second kappa shape index (κ2) is 6.79. The van der Waals surface area contributed by atoms with Crippen molar-refractivity contribution in [2.24, 2.45) is 0 Å². The third-order valence-electron chi connectivity index (χ3n) is 5.75. The van der Waals surface area contributed by atoms with Crippen LogP contribution >= 0.6 is 0 Å². The zero-order chi connectivity index (χ0) is 17.4. The van der Waals surface area contributed by atoms with E-state index in [-0.39, 0.29) is 29.8 Å². The van der Waals surface area contributed by atoms with Crippen LogP contribution in [0.4, 0.5) is 4.39 Å². The highest BCUT2D eigenvalue weighted by Crippen LogP contribution is 2.32. The summed E-state index contributed by atoms with van der Waals surface area (Å²) in [4.78, 5) is 18.1. The number of aromatic amines is 1. The average molecular weight is 344 g/mol. The minimum atomic E-state index is -0.230. The number of fused-ring (bicyclic) bond motifs is 2. The van der Waals surface area contributed by atoms with Gasteiger partial charge in [0, 0.05) is 30.1 Å². The van der Waals surface area contributed by atoms with Gasteiger partial charge in [-0.25, -0.2) is 4.39 Å². The highest BCUT2D eigenvalue weighted by atomic mass is 19.1. The third kappa shape index (κ3) is 3.06. The number of halogens is 1. The van der Waals surface area contributed by atoms with Crippen molar-refractivity contribution in [2.75, 3.05) is 13.2 Å². The Labute approximate surface area is 147 Å². The molecule has 2 aromatic rings. The lowest BCUT2D eigenvalue weighted by Gasteiger charge is -2.44. The maximum absolute atomic E-state index is 14.2. The standard InChI is InChI=1S/C20H25FN2O2/c1-13(14-12-22-16-6-4-5-15(21)20(14)16)11-19(24)23-9-10-25-18-8-3-2-7-17(18)23/h4-6,12-13,17-18,22H,2-3,7-11H2,1H3/t13?,17-,18+/m1/s1. The zero-order valence-corrected chi connectivity index (χ0v) is 14.6. The minimum Gasteiger partial charge on any atom is -0.374 e. The number of aromatic nitrogens is 1. The fourth-order valence-corrected chi connectivity index (χ4v) is 4.45. The number of amides is 1. The molecule has 2 fully saturated rings. The number of morpholine rings is 1. The van der Waals surface area contributed by atoms with Gasteiger partial charge in [0.2, 0.25) is 5.91 Å². The first-order valence-electron chi connectivity index (χ1n) is 9.31. The Kier molecular flexibility index (Phi) is 4.50. The van der Waals surface area contributed by atoms with E-state index in [9.17, 15) is 9.18 Å². The van der Waals surface area contributed by atoms with Gasteiger partial charge in [0.1, 0.15) is 5.82 Å². The minimum absolute atomic E-state index is 0.0250. The molecule has 4 nitrogen and oxygen atoms in total. The van der Waals surface area contributed by atoms with Gasteiger partial charge >= 0.3 is 0 Å². The molecule has 1 aliphatic carbocycles. The summed E-state index contributed by atoms with van der Waals surface area (Å²) in [6.07, 6.45) is 6.89. The van der Waals surface area contributed by atoms with E-state index in [1.807, 2.05) is 24.1 Å². The van der Waals surface area contributed by atoms with E-state index < -0.39 is 0 Å². The zero-order valence-electron chi connectivity index (χ0n) is 14.6. The van der Waals surface area contributed by atoms with Gasteiger partial charge in [0.15, 0.2) is 0 Å². The van der Waals surface area contributed by atoms with Gasteiger partial charge in [0.25, 0.3) is 0 Å². The second-order valence-electron chi connectivity index (χ2n) is 7.36. The fourth-order valence-electron chi connectivity index (χ4n) is 4.45. The molecule has 134 valence electrons. The van der Waals surface area contributed by atoms with E-state index in [2.05, 4.69) is 4.98 Å². The van der Waals surface area contributed by atoms with Gasteiger partial charge in [-0.05, 0) is 36.5 Å². The average Bonchev–Trinajstić information content (AvgIpc) is 3.07.